The maximum atomic E-state index is 11.4. The molecular formula is C19H40NO4+. The summed E-state index contributed by atoms with van der Waals surface area (Å²) in [6, 6.07) is -1.24. The molecule has 0 saturated heterocycles. The number of hydrogen-bond donors (Lipinski definition) is 3. The van der Waals surface area contributed by atoms with Crippen molar-refractivity contribution < 1.29 is 24.6 Å². The first-order valence-corrected chi connectivity index (χ1v) is 9.61. The molecule has 0 heterocycles. The Morgan fingerprint density at radius 3 is 1.54 bits per heavy atom. The van der Waals surface area contributed by atoms with E-state index in [1.807, 2.05) is 0 Å². The van der Waals surface area contributed by atoms with E-state index in [2.05, 4.69) is 6.92 Å². The average molecular weight is 347 g/mol. The molecule has 0 rings (SSSR count). The van der Waals surface area contributed by atoms with Gasteiger partial charge in [0.1, 0.15) is 0 Å². The lowest BCUT2D eigenvalue weighted by Crippen LogP contribution is -2.62. The van der Waals surface area contributed by atoms with Crippen molar-refractivity contribution in [3.63, 3.8) is 0 Å². The number of hydrogen-bond acceptors (Lipinski definition) is 3. The zero-order chi connectivity index (χ0) is 18.6. The third kappa shape index (κ3) is 10.3. The van der Waals surface area contributed by atoms with E-state index in [4.69, 9.17) is 0 Å². The number of carbonyl (C=O) groups is 1. The lowest BCUT2D eigenvalue weighted by atomic mass is 9.97. The number of rotatable bonds is 15. The van der Waals surface area contributed by atoms with Crippen LogP contribution in [0.2, 0.25) is 0 Å². The van der Waals surface area contributed by atoms with Crippen LogP contribution in [-0.4, -0.2) is 58.7 Å². The first kappa shape index (κ1) is 23.4. The number of unbranched alkanes of at least 4 members (excludes halogenated alkanes) is 10. The van der Waals surface area contributed by atoms with Gasteiger partial charge < -0.3 is 19.8 Å². The minimum absolute atomic E-state index is 0.0135. The van der Waals surface area contributed by atoms with Crippen molar-refractivity contribution >= 4 is 5.97 Å². The minimum Gasteiger partial charge on any atom is -0.477 e. The summed E-state index contributed by atoms with van der Waals surface area (Å²) in [6.45, 7) is 2.23. The van der Waals surface area contributed by atoms with Gasteiger partial charge in [-0.3, -0.25) is 0 Å². The van der Waals surface area contributed by atoms with Crippen LogP contribution in [0.1, 0.15) is 84.0 Å². The van der Waals surface area contributed by atoms with E-state index in [0.717, 1.165) is 12.8 Å². The molecular weight excluding hydrogens is 306 g/mol. The van der Waals surface area contributed by atoms with Gasteiger partial charge >= 0.3 is 5.97 Å². The Hall–Kier alpha value is -0.650. The molecule has 5 heteroatoms. The molecule has 0 fully saturated rings. The fraction of sp³-hybridized carbons (Fsp3) is 0.947. The number of carboxylic acids is 1. The summed E-state index contributed by atoms with van der Waals surface area (Å²) >= 11 is 0. The third-order valence-corrected chi connectivity index (χ3v) is 4.59. The zero-order valence-corrected chi connectivity index (χ0v) is 16.3. The topological polar surface area (TPSA) is 77.8 Å². The number of aliphatic carboxylic acids is 1. The van der Waals surface area contributed by atoms with Crippen LogP contribution < -0.4 is 0 Å². The van der Waals surface area contributed by atoms with Crippen molar-refractivity contribution in [3.05, 3.63) is 0 Å². The highest BCUT2D eigenvalue weighted by Crippen LogP contribution is 2.23. The highest BCUT2D eigenvalue weighted by atomic mass is 16.5. The maximum absolute atomic E-state index is 11.4. The van der Waals surface area contributed by atoms with E-state index >= 15 is 0 Å². The molecule has 144 valence electrons. The van der Waals surface area contributed by atoms with Gasteiger partial charge in [0.05, 0.1) is 21.1 Å². The summed E-state index contributed by atoms with van der Waals surface area (Å²) in [7, 11) is 5.00. The molecule has 0 aromatic heterocycles. The first-order valence-electron chi connectivity index (χ1n) is 9.61. The van der Waals surface area contributed by atoms with E-state index in [-0.39, 0.29) is 10.9 Å². The molecule has 0 aromatic rings. The molecule has 0 aliphatic heterocycles. The number of nitrogens with zero attached hydrogens (tertiary/aromatic N) is 1. The number of quaternary nitrogens is 1. The van der Waals surface area contributed by atoms with E-state index in [1.54, 1.807) is 21.1 Å². The van der Waals surface area contributed by atoms with Gasteiger partial charge in [0, 0.05) is 6.42 Å². The second kappa shape index (κ2) is 11.8. The van der Waals surface area contributed by atoms with Crippen molar-refractivity contribution in [3.8, 4) is 0 Å². The van der Waals surface area contributed by atoms with Crippen molar-refractivity contribution in [2.45, 2.75) is 95.8 Å². The summed E-state index contributed by atoms with van der Waals surface area (Å²) < 4.78 is -0.0135. The Bertz CT molecular complexity index is 337. The molecule has 5 nitrogen and oxygen atoms in total. The lowest BCUT2D eigenvalue weighted by molar-refractivity contribution is -0.899. The fourth-order valence-electron chi connectivity index (χ4n) is 3.34. The predicted molar refractivity (Wildman–Crippen MR) is 97.7 cm³/mol. The van der Waals surface area contributed by atoms with Crippen LogP contribution >= 0.6 is 0 Å². The normalized spacial score (nSPS) is 13.9. The van der Waals surface area contributed by atoms with Gasteiger partial charge in [-0.2, -0.15) is 0 Å². The first-order chi connectivity index (χ1) is 11.1. The zero-order valence-electron chi connectivity index (χ0n) is 16.3. The summed E-state index contributed by atoms with van der Waals surface area (Å²) in [5.74, 6) is -3.33. The second-order valence-corrected chi connectivity index (χ2v) is 8.02. The number of carboxylic acid groups (broad SMARTS) is 1. The lowest BCUT2D eigenvalue weighted by Gasteiger charge is -2.38. The largest absolute Gasteiger partial charge is 0.477 e. The van der Waals surface area contributed by atoms with Crippen molar-refractivity contribution in [2.24, 2.45) is 0 Å². The van der Waals surface area contributed by atoms with Crippen LogP contribution in [0.15, 0.2) is 0 Å². The Morgan fingerprint density at radius 2 is 1.21 bits per heavy atom. The molecule has 0 radical (unpaired) electrons. The number of aliphatic hydroxyl groups is 2. The quantitative estimate of drug-likeness (QED) is 0.241. The maximum Gasteiger partial charge on any atom is 0.368 e. The van der Waals surface area contributed by atoms with Crippen molar-refractivity contribution in [1.82, 2.24) is 0 Å². The van der Waals surface area contributed by atoms with Crippen LogP contribution in [0.4, 0.5) is 0 Å². The van der Waals surface area contributed by atoms with Crippen molar-refractivity contribution in [2.75, 3.05) is 21.1 Å². The van der Waals surface area contributed by atoms with Crippen molar-refractivity contribution in [1.29, 1.82) is 0 Å². The molecule has 1 atom stereocenters. The second-order valence-electron chi connectivity index (χ2n) is 8.02. The summed E-state index contributed by atoms with van der Waals surface area (Å²) in [6.07, 6.45) is 13.1. The Morgan fingerprint density at radius 1 is 0.833 bits per heavy atom. The predicted octanol–water partition coefficient (Wildman–Crippen LogP) is 3.53. The minimum atomic E-state index is -2.16. The average Bonchev–Trinajstić information content (AvgIpc) is 2.42. The van der Waals surface area contributed by atoms with Gasteiger partial charge in [-0.15, -0.1) is 0 Å². The molecule has 0 bridgehead atoms. The summed E-state index contributed by atoms with van der Waals surface area (Å²) in [5, 5.41) is 29.7. The smallest absolute Gasteiger partial charge is 0.368 e. The Labute approximate surface area is 148 Å². The van der Waals surface area contributed by atoms with Crippen LogP contribution in [0.25, 0.3) is 0 Å². The monoisotopic (exact) mass is 346 g/mol. The van der Waals surface area contributed by atoms with Crippen LogP contribution in [0.3, 0.4) is 0 Å². The molecule has 24 heavy (non-hydrogen) atoms. The molecule has 0 spiro atoms. The van der Waals surface area contributed by atoms with Gasteiger partial charge in [-0.1, -0.05) is 71.1 Å². The standard InChI is InChI=1S/C19H39NO4/c1-5-6-7-8-9-10-11-12-13-14-15-16-19(23,24)17(18(21)22)20(2,3)4/h17,23-24H,5-16H2,1-4H3/p+1. The molecule has 0 aromatic carbocycles. The SMILES string of the molecule is CCCCCCCCCCCCCC(O)(O)C(C(=O)O)[N+](C)(C)C. The molecule has 1 unspecified atom stereocenters. The number of likely N-dealkylation sites (N-methyl/N-ethyl adjacent to an activating group) is 1. The van der Waals surface area contributed by atoms with Crippen LogP contribution in [-0.2, 0) is 4.79 Å². The van der Waals surface area contributed by atoms with Gasteiger partial charge in [-0.05, 0) is 6.42 Å². The Balaban J connectivity index is 3.84. The van der Waals surface area contributed by atoms with Gasteiger partial charge in [0.25, 0.3) is 0 Å². The molecule has 0 saturated carbocycles. The summed E-state index contributed by atoms with van der Waals surface area (Å²) in [4.78, 5) is 11.4. The third-order valence-electron chi connectivity index (χ3n) is 4.59. The fourth-order valence-corrected chi connectivity index (χ4v) is 3.34. The van der Waals surface area contributed by atoms with E-state index < -0.39 is 17.8 Å². The highest BCUT2D eigenvalue weighted by Gasteiger charge is 2.48. The molecule has 3 N–H and O–H groups in total. The highest BCUT2D eigenvalue weighted by molar-refractivity contribution is 5.73. The Kier molecular flexibility index (Phi) is 11.5. The van der Waals surface area contributed by atoms with E-state index in [1.165, 1.54) is 51.4 Å². The molecule has 0 aliphatic rings. The van der Waals surface area contributed by atoms with Gasteiger partial charge in [0.15, 0.2) is 0 Å². The van der Waals surface area contributed by atoms with Gasteiger partial charge in [-0.25, -0.2) is 4.79 Å². The summed E-state index contributed by atoms with van der Waals surface area (Å²) in [5.41, 5.74) is 0. The van der Waals surface area contributed by atoms with E-state index in [0.29, 0.717) is 6.42 Å². The van der Waals surface area contributed by atoms with E-state index in [9.17, 15) is 20.1 Å². The van der Waals surface area contributed by atoms with Crippen LogP contribution in [0, 0.1) is 0 Å². The van der Waals surface area contributed by atoms with Gasteiger partial charge in [0.2, 0.25) is 11.8 Å². The molecule has 0 aliphatic carbocycles. The molecule has 0 amide bonds. The van der Waals surface area contributed by atoms with Crippen LogP contribution in [0.5, 0.6) is 0 Å².